The number of nitrogens with zero attached hydrogens (tertiary/aromatic N) is 2. The number of carbonyl (C=O) groups is 2. The summed E-state index contributed by atoms with van der Waals surface area (Å²) in [5.74, 6) is 0.128. The van der Waals surface area contributed by atoms with Gasteiger partial charge in [0.2, 0.25) is 5.91 Å². The van der Waals surface area contributed by atoms with Gasteiger partial charge >= 0.3 is 5.97 Å². The Hall–Kier alpha value is -1.85. The van der Waals surface area contributed by atoms with Crippen molar-refractivity contribution in [3.05, 3.63) is 18.2 Å². The maximum atomic E-state index is 11.3. The molecule has 1 aromatic heterocycles. The van der Waals surface area contributed by atoms with Gasteiger partial charge in [0.25, 0.3) is 0 Å². The molecule has 0 atom stereocenters. The molecule has 2 N–H and O–H groups in total. The monoisotopic (exact) mass is 253 g/mol. The van der Waals surface area contributed by atoms with E-state index >= 15 is 0 Å². The summed E-state index contributed by atoms with van der Waals surface area (Å²) in [6, 6.07) is 0. The van der Waals surface area contributed by atoms with Crippen LogP contribution in [0.2, 0.25) is 0 Å². The van der Waals surface area contributed by atoms with E-state index < -0.39 is 5.97 Å². The number of carboxylic acid groups (broad SMARTS) is 1. The summed E-state index contributed by atoms with van der Waals surface area (Å²) >= 11 is 0. The normalized spacial score (nSPS) is 10.6. The van der Waals surface area contributed by atoms with Crippen LogP contribution in [0, 0.1) is 0 Å². The molecule has 1 aromatic rings. The summed E-state index contributed by atoms with van der Waals surface area (Å²) in [7, 11) is 0. The molecule has 0 spiro atoms. The lowest BCUT2D eigenvalue weighted by Crippen LogP contribution is -2.27. The highest BCUT2D eigenvalue weighted by Gasteiger charge is 2.08. The van der Waals surface area contributed by atoms with Crippen LogP contribution in [0.3, 0.4) is 0 Å². The molecule has 0 aliphatic carbocycles. The lowest BCUT2D eigenvalue weighted by molar-refractivity contribution is -0.138. The van der Waals surface area contributed by atoms with Crippen molar-refractivity contribution in [2.75, 3.05) is 6.54 Å². The van der Waals surface area contributed by atoms with Gasteiger partial charge in [0, 0.05) is 37.8 Å². The third-order valence-electron chi connectivity index (χ3n) is 2.50. The van der Waals surface area contributed by atoms with E-state index in [-0.39, 0.29) is 18.7 Å². The number of aliphatic carboxylic acids is 1. The van der Waals surface area contributed by atoms with Gasteiger partial charge in [-0.05, 0) is 0 Å². The second kappa shape index (κ2) is 6.78. The molecular formula is C12H19N3O3. The largest absolute Gasteiger partial charge is 0.481 e. The van der Waals surface area contributed by atoms with E-state index in [4.69, 9.17) is 5.11 Å². The summed E-state index contributed by atoms with van der Waals surface area (Å²) in [5, 5.41) is 11.1. The third kappa shape index (κ3) is 4.57. The Morgan fingerprint density at radius 2 is 2.17 bits per heavy atom. The van der Waals surface area contributed by atoms with Crippen LogP contribution >= 0.6 is 0 Å². The third-order valence-corrected chi connectivity index (χ3v) is 2.50. The standard InChI is InChI=1S/C12H19N3O3/c1-9(2)12-14-6-8-15(12)7-5-13-10(16)3-4-11(17)18/h6,8-9H,3-5,7H2,1-2H3,(H,13,16)(H,17,18). The predicted molar refractivity (Wildman–Crippen MR) is 66.2 cm³/mol. The van der Waals surface area contributed by atoms with E-state index in [2.05, 4.69) is 24.1 Å². The van der Waals surface area contributed by atoms with E-state index in [9.17, 15) is 9.59 Å². The lowest BCUT2D eigenvalue weighted by Gasteiger charge is -2.10. The van der Waals surface area contributed by atoms with Crippen molar-refractivity contribution in [2.24, 2.45) is 0 Å². The molecule has 1 rings (SSSR count). The lowest BCUT2D eigenvalue weighted by atomic mass is 10.2. The molecule has 0 radical (unpaired) electrons. The molecule has 100 valence electrons. The molecule has 0 aliphatic heterocycles. The average molecular weight is 253 g/mol. The van der Waals surface area contributed by atoms with Crippen molar-refractivity contribution in [1.29, 1.82) is 0 Å². The van der Waals surface area contributed by atoms with Gasteiger partial charge in [-0.1, -0.05) is 13.8 Å². The smallest absolute Gasteiger partial charge is 0.303 e. The van der Waals surface area contributed by atoms with Crippen molar-refractivity contribution in [3.8, 4) is 0 Å². The van der Waals surface area contributed by atoms with E-state index in [0.717, 1.165) is 5.82 Å². The minimum Gasteiger partial charge on any atom is -0.481 e. The molecule has 18 heavy (non-hydrogen) atoms. The molecule has 6 nitrogen and oxygen atoms in total. The molecule has 0 aromatic carbocycles. The quantitative estimate of drug-likeness (QED) is 0.759. The molecular weight excluding hydrogens is 234 g/mol. The molecule has 0 saturated carbocycles. The zero-order chi connectivity index (χ0) is 13.5. The Balaban J connectivity index is 2.31. The molecule has 6 heteroatoms. The van der Waals surface area contributed by atoms with Gasteiger partial charge in [-0.15, -0.1) is 0 Å². The van der Waals surface area contributed by atoms with Crippen LogP contribution in [0.5, 0.6) is 0 Å². The highest BCUT2D eigenvalue weighted by molar-refractivity contribution is 5.80. The van der Waals surface area contributed by atoms with E-state index in [1.165, 1.54) is 0 Å². The van der Waals surface area contributed by atoms with Crippen molar-refractivity contribution >= 4 is 11.9 Å². The molecule has 0 bridgehead atoms. The highest BCUT2D eigenvalue weighted by atomic mass is 16.4. The molecule has 0 unspecified atom stereocenters. The van der Waals surface area contributed by atoms with Crippen LogP contribution in [0.25, 0.3) is 0 Å². The number of amides is 1. The predicted octanol–water partition coefficient (Wildman–Crippen LogP) is 0.988. The zero-order valence-corrected chi connectivity index (χ0v) is 10.7. The molecule has 1 heterocycles. The SMILES string of the molecule is CC(C)c1nccn1CCNC(=O)CCC(=O)O. The second-order valence-corrected chi connectivity index (χ2v) is 4.38. The summed E-state index contributed by atoms with van der Waals surface area (Å²) in [6.07, 6.45) is 3.50. The minimum absolute atomic E-state index is 0.0241. The molecule has 0 aliphatic rings. The van der Waals surface area contributed by atoms with Crippen molar-refractivity contribution < 1.29 is 14.7 Å². The number of imidazole rings is 1. The number of hydrogen-bond donors (Lipinski definition) is 2. The fraction of sp³-hybridized carbons (Fsp3) is 0.583. The Labute approximate surface area is 106 Å². The van der Waals surface area contributed by atoms with Crippen LogP contribution in [-0.4, -0.2) is 33.1 Å². The van der Waals surface area contributed by atoms with Gasteiger partial charge in [-0.25, -0.2) is 4.98 Å². The maximum Gasteiger partial charge on any atom is 0.303 e. The second-order valence-electron chi connectivity index (χ2n) is 4.38. The van der Waals surface area contributed by atoms with Crippen LogP contribution in [0.1, 0.15) is 38.4 Å². The van der Waals surface area contributed by atoms with Gasteiger partial charge in [-0.2, -0.15) is 0 Å². The topological polar surface area (TPSA) is 84.2 Å². The Morgan fingerprint density at radius 3 is 2.78 bits per heavy atom. The Bertz CT molecular complexity index is 412. The summed E-state index contributed by atoms with van der Waals surface area (Å²) in [4.78, 5) is 25.8. The van der Waals surface area contributed by atoms with E-state index in [0.29, 0.717) is 19.0 Å². The zero-order valence-electron chi connectivity index (χ0n) is 10.7. The number of carboxylic acids is 1. The van der Waals surface area contributed by atoms with Crippen LogP contribution in [-0.2, 0) is 16.1 Å². The first-order chi connectivity index (χ1) is 8.50. The van der Waals surface area contributed by atoms with Crippen LogP contribution in [0.4, 0.5) is 0 Å². The molecule has 1 amide bonds. The van der Waals surface area contributed by atoms with Crippen molar-refractivity contribution in [1.82, 2.24) is 14.9 Å². The Kier molecular flexibility index (Phi) is 5.35. The summed E-state index contributed by atoms with van der Waals surface area (Å²) in [5.41, 5.74) is 0. The summed E-state index contributed by atoms with van der Waals surface area (Å²) < 4.78 is 1.99. The van der Waals surface area contributed by atoms with Gasteiger partial charge in [-0.3, -0.25) is 9.59 Å². The van der Waals surface area contributed by atoms with Crippen LogP contribution in [0.15, 0.2) is 12.4 Å². The van der Waals surface area contributed by atoms with E-state index in [1.807, 2.05) is 10.8 Å². The molecule has 0 saturated heterocycles. The number of rotatable bonds is 7. The van der Waals surface area contributed by atoms with Crippen molar-refractivity contribution in [3.63, 3.8) is 0 Å². The fourth-order valence-electron chi connectivity index (χ4n) is 1.64. The van der Waals surface area contributed by atoms with Gasteiger partial charge < -0.3 is 15.0 Å². The highest BCUT2D eigenvalue weighted by Crippen LogP contribution is 2.10. The van der Waals surface area contributed by atoms with E-state index in [1.54, 1.807) is 6.20 Å². The van der Waals surface area contributed by atoms with Crippen molar-refractivity contribution in [2.45, 2.75) is 39.2 Å². The first-order valence-electron chi connectivity index (χ1n) is 6.00. The first-order valence-corrected chi connectivity index (χ1v) is 6.00. The minimum atomic E-state index is -0.957. The fourth-order valence-corrected chi connectivity index (χ4v) is 1.64. The number of aromatic nitrogens is 2. The molecule has 0 fully saturated rings. The van der Waals surface area contributed by atoms with Gasteiger partial charge in [0.1, 0.15) is 5.82 Å². The maximum absolute atomic E-state index is 11.3. The summed E-state index contributed by atoms with van der Waals surface area (Å²) in [6.45, 7) is 5.25. The van der Waals surface area contributed by atoms with Gasteiger partial charge in [0.15, 0.2) is 0 Å². The van der Waals surface area contributed by atoms with Crippen LogP contribution < -0.4 is 5.32 Å². The first kappa shape index (κ1) is 14.2. The Morgan fingerprint density at radius 1 is 1.44 bits per heavy atom. The number of nitrogens with one attached hydrogen (secondary N) is 1. The van der Waals surface area contributed by atoms with Gasteiger partial charge in [0.05, 0.1) is 6.42 Å². The number of carbonyl (C=O) groups excluding carboxylic acids is 1. The number of hydrogen-bond acceptors (Lipinski definition) is 3. The average Bonchev–Trinajstić information content (AvgIpc) is 2.74.